The van der Waals surface area contributed by atoms with Crippen molar-refractivity contribution >= 4 is 10.8 Å². The Bertz CT molecular complexity index is 940. The molecule has 2 aliphatic carbocycles. The van der Waals surface area contributed by atoms with Crippen molar-refractivity contribution in [3.63, 3.8) is 0 Å². The Hall–Kier alpha value is -1.71. The summed E-state index contributed by atoms with van der Waals surface area (Å²) in [5.41, 5.74) is 0.416. The maximum Gasteiger partial charge on any atom is 0.175 e. The number of benzene rings is 2. The number of hydrogen-bond acceptors (Lipinski definition) is 1. The molecule has 4 rings (SSSR count). The maximum absolute atomic E-state index is 15.1. The van der Waals surface area contributed by atoms with Crippen LogP contribution in [0.25, 0.3) is 10.8 Å². The maximum atomic E-state index is 15.1. The predicted molar refractivity (Wildman–Crippen MR) is 134 cm³/mol. The van der Waals surface area contributed by atoms with E-state index in [-0.39, 0.29) is 17.1 Å². The molecule has 0 amide bonds. The van der Waals surface area contributed by atoms with Gasteiger partial charge in [0.25, 0.3) is 0 Å². The van der Waals surface area contributed by atoms with Gasteiger partial charge in [-0.2, -0.15) is 0 Å². The third-order valence-electron chi connectivity index (χ3n) is 8.51. The zero-order valence-electron chi connectivity index (χ0n) is 21.0. The Labute approximate surface area is 203 Å². The van der Waals surface area contributed by atoms with Gasteiger partial charge in [-0.05, 0) is 78.9 Å². The van der Waals surface area contributed by atoms with Gasteiger partial charge >= 0.3 is 0 Å². The van der Waals surface area contributed by atoms with Crippen LogP contribution in [-0.2, 0) is 0 Å². The molecule has 0 spiro atoms. The van der Waals surface area contributed by atoms with Crippen LogP contribution < -0.4 is 4.74 Å². The molecule has 0 bridgehead atoms. The average molecular weight is 475 g/mol. The van der Waals surface area contributed by atoms with Gasteiger partial charge in [-0.1, -0.05) is 71.3 Å². The molecule has 0 atom stereocenters. The normalized spacial score (nSPS) is 25.6. The molecule has 1 nitrogen and oxygen atoms in total. The van der Waals surface area contributed by atoms with Gasteiger partial charge in [-0.3, -0.25) is 0 Å². The van der Waals surface area contributed by atoms with Crippen molar-refractivity contribution in [1.29, 1.82) is 0 Å². The third kappa shape index (κ3) is 5.74. The second-order valence-electron chi connectivity index (χ2n) is 10.9. The first-order chi connectivity index (χ1) is 16.5. The van der Waals surface area contributed by atoms with E-state index < -0.39 is 17.5 Å². The predicted octanol–water partition coefficient (Wildman–Crippen LogP) is 9.71. The lowest BCUT2D eigenvalue weighted by Crippen LogP contribution is -2.18. The second-order valence-corrected chi connectivity index (χ2v) is 10.9. The molecule has 188 valence electrons. The summed E-state index contributed by atoms with van der Waals surface area (Å²) in [5, 5.41) is 0.119. The van der Waals surface area contributed by atoms with Crippen molar-refractivity contribution in [2.24, 2.45) is 17.8 Å². The first-order valence-corrected chi connectivity index (χ1v) is 13.7. The van der Waals surface area contributed by atoms with Gasteiger partial charge in [0, 0.05) is 0 Å². The summed E-state index contributed by atoms with van der Waals surface area (Å²) in [7, 11) is 0. The Kier molecular flexibility index (Phi) is 8.82. The van der Waals surface area contributed by atoms with Crippen LogP contribution in [-0.4, -0.2) is 6.61 Å². The van der Waals surface area contributed by atoms with Crippen molar-refractivity contribution in [1.82, 2.24) is 0 Å². The minimum atomic E-state index is -1.08. The van der Waals surface area contributed by atoms with E-state index in [1.807, 2.05) is 6.92 Å². The summed E-state index contributed by atoms with van der Waals surface area (Å²) in [4.78, 5) is 0. The van der Waals surface area contributed by atoms with Crippen LogP contribution in [0.1, 0.15) is 109 Å². The molecule has 2 saturated carbocycles. The topological polar surface area (TPSA) is 9.23 Å². The highest BCUT2D eigenvalue weighted by Gasteiger charge is 2.29. The van der Waals surface area contributed by atoms with Crippen molar-refractivity contribution in [2.45, 2.75) is 103 Å². The van der Waals surface area contributed by atoms with Crippen molar-refractivity contribution in [3.8, 4) is 5.75 Å². The molecule has 2 aromatic rings. The highest BCUT2D eigenvalue weighted by Crippen LogP contribution is 2.42. The lowest BCUT2D eigenvalue weighted by molar-refractivity contribution is 0.223. The van der Waals surface area contributed by atoms with Gasteiger partial charge in [-0.25, -0.2) is 13.2 Å². The molecular formula is C30H41F3O. The molecule has 4 heteroatoms. The molecule has 0 aromatic heterocycles. The zero-order valence-corrected chi connectivity index (χ0v) is 21.0. The smallest absolute Gasteiger partial charge is 0.175 e. The van der Waals surface area contributed by atoms with Gasteiger partial charge in [0.2, 0.25) is 0 Å². The first-order valence-electron chi connectivity index (χ1n) is 13.7. The van der Waals surface area contributed by atoms with E-state index in [4.69, 9.17) is 4.74 Å². The molecule has 0 saturated heterocycles. The van der Waals surface area contributed by atoms with E-state index in [0.29, 0.717) is 23.5 Å². The molecule has 2 aromatic carbocycles. The fourth-order valence-corrected chi connectivity index (χ4v) is 6.45. The lowest BCUT2D eigenvalue weighted by Gasteiger charge is -2.32. The SMILES string of the molecule is CCCOc1ccc2cc(C3CCC(CCC4CCC(CCC)CC4)CC3)c(F)c(F)c2c1F. The van der Waals surface area contributed by atoms with Crippen LogP contribution in [0.4, 0.5) is 13.2 Å². The van der Waals surface area contributed by atoms with Crippen LogP contribution in [0.2, 0.25) is 0 Å². The molecule has 34 heavy (non-hydrogen) atoms. The zero-order chi connectivity index (χ0) is 24.1. The highest BCUT2D eigenvalue weighted by molar-refractivity contribution is 5.86. The summed E-state index contributed by atoms with van der Waals surface area (Å²) < 4.78 is 50.2. The van der Waals surface area contributed by atoms with Crippen molar-refractivity contribution in [2.75, 3.05) is 6.61 Å². The van der Waals surface area contributed by atoms with Crippen molar-refractivity contribution < 1.29 is 17.9 Å². The third-order valence-corrected chi connectivity index (χ3v) is 8.51. The van der Waals surface area contributed by atoms with E-state index in [2.05, 4.69) is 6.92 Å². The van der Waals surface area contributed by atoms with Gasteiger partial charge in [-0.15, -0.1) is 0 Å². The largest absolute Gasteiger partial charge is 0.491 e. The molecular weight excluding hydrogens is 433 g/mol. The minimum Gasteiger partial charge on any atom is -0.491 e. The molecule has 0 aliphatic heterocycles. The van der Waals surface area contributed by atoms with Crippen LogP contribution in [0.3, 0.4) is 0 Å². The van der Waals surface area contributed by atoms with E-state index in [1.54, 1.807) is 12.1 Å². The highest BCUT2D eigenvalue weighted by atomic mass is 19.2. The van der Waals surface area contributed by atoms with Crippen LogP contribution >= 0.6 is 0 Å². The van der Waals surface area contributed by atoms with E-state index in [1.165, 1.54) is 57.4 Å². The molecule has 0 N–H and O–H groups in total. The molecule has 2 aliphatic rings. The number of halogens is 3. The van der Waals surface area contributed by atoms with E-state index in [0.717, 1.165) is 43.9 Å². The van der Waals surface area contributed by atoms with Gasteiger partial charge in [0.05, 0.1) is 12.0 Å². The summed E-state index contributed by atoms with van der Waals surface area (Å²) >= 11 is 0. The number of rotatable bonds is 9. The summed E-state index contributed by atoms with van der Waals surface area (Å²) in [6.07, 6.45) is 15.5. The molecule has 0 radical (unpaired) electrons. The van der Waals surface area contributed by atoms with Gasteiger partial charge < -0.3 is 4.74 Å². The number of ether oxygens (including phenoxy) is 1. The van der Waals surface area contributed by atoms with Crippen LogP contribution in [0, 0.1) is 35.2 Å². The van der Waals surface area contributed by atoms with Crippen LogP contribution in [0.15, 0.2) is 18.2 Å². The average Bonchev–Trinajstić information content (AvgIpc) is 2.86. The summed E-state index contributed by atoms with van der Waals surface area (Å²) in [6, 6.07) is 4.84. The van der Waals surface area contributed by atoms with Gasteiger partial charge in [0.1, 0.15) is 0 Å². The second kappa shape index (κ2) is 11.8. The Morgan fingerprint density at radius 2 is 1.29 bits per heavy atom. The van der Waals surface area contributed by atoms with E-state index >= 15 is 4.39 Å². The minimum absolute atomic E-state index is 0.0127. The fraction of sp³-hybridized carbons (Fsp3) is 0.667. The molecule has 2 fully saturated rings. The van der Waals surface area contributed by atoms with Gasteiger partial charge in [0.15, 0.2) is 23.2 Å². The number of hydrogen-bond donors (Lipinski definition) is 0. The van der Waals surface area contributed by atoms with Crippen LogP contribution in [0.5, 0.6) is 5.75 Å². The number of fused-ring (bicyclic) bond motifs is 1. The Morgan fingerprint density at radius 1 is 0.706 bits per heavy atom. The summed E-state index contributed by atoms with van der Waals surface area (Å²) in [5.74, 6) is -0.218. The monoisotopic (exact) mass is 474 g/mol. The first kappa shape index (κ1) is 25.4. The summed E-state index contributed by atoms with van der Waals surface area (Å²) in [6.45, 7) is 4.55. The standard InChI is InChI=1S/C30H41F3O/c1-3-5-20-6-8-21(9-7-20)10-11-22-12-14-23(15-13-22)25-19-24-16-17-26(34-18-4-2)29(32)27(24)30(33)28(25)31/h16-17,19-23H,3-15,18H2,1-2H3. The lowest BCUT2D eigenvalue weighted by atomic mass is 9.73. The Balaban J connectivity index is 1.35. The fourth-order valence-electron chi connectivity index (χ4n) is 6.45. The Morgan fingerprint density at radius 3 is 1.88 bits per heavy atom. The van der Waals surface area contributed by atoms with E-state index in [9.17, 15) is 8.78 Å². The van der Waals surface area contributed by atoms with Crippen molar-refractivity contribution in [3.05, 3.63) is 41.2 Å². The molecule has 0 unspecified atom stereocenters. The molecule has 0 heterocycles. The quantitative estimate of drug-likeness (QED) is 0.351.